The topological polar surface area (TPSA) is 51.2 Å². The minimum absolute atomic E-state index is 0.370. The number of carbonyl (C=O) groups excluding carboxylic acids is 1. The lowest BCUT2D eigenvalue weighted by Crippen LogP contribution is -2.08. The summed E-state index contributed by atoms with van der Waals surface area (Å²) in [7, 11) is 1.38. The first-order valence-electron chi connectivity index (χ1n) is 6.94. The van der Waals surface area contributed by atoms with Gasteiger partial charge in [-0.05, 0) is 30.5 Å². The smallest absolute Gasteiger partial charge is 0.340 e. The third-order valence-corrected chi connectivity index (χ3v) is 3.30. The molecule has 0 saturated heterocycles. The van der Waals surface area contributed by atoms with Gasteiger partial charge in [-0.15, -0.1) is 0 Å². The van der Waals surface area contributed by atoms with E-state index < -0.39 is 0 Å². The van der Waals surface area contributed by atoms with Crippen molar-refractivity contribution in [3.05, 3.63) is 53.3 Å². The Kier molecular flexibility index (Phi) is 4.58. The summed E-state index contributed by atoms with van der Waals surface area (Å²) in [6.45, 7) is 6.11. The maximum atomic E-state index is 11.9. The lowest BCUT2D eigenvalue weighted by atomic mass is 10.0. The molecule has 0 aliphatic carbocycles. The molecule has 0 bridgehead atoms. The third kappa shape index (κ3) is 3.40. The average Bonchev–Trinajstić information content (AvgIpc) is 2.48. The van der Waals surface area contributed by atoms with Crippen molar-refractivity contribution in [1.29, 1.82) is 0 Å². The van der Waals surface area contributed by atoms with Gasteiger partial charge in [-0.1, -0.05) is 32.0 Å². The van der Waals surface area contributed by atoms with Crippen LogP contribution >= 0.6 is 0 Å². The van der Waals surface area contributed by atoms with Gasteiger partial charge in [0.15, 0.2) is 0 Å². The molecule has 1 heterocycles. The molecule has 0 spiro atoms. The summed E-state index contributed by atoms with van der Waals surface area (Å²) in [6, 6.07) is 9.78. The lowest BCUT2D eigenvalue weighted by molar-refractivity contribution is 0.0601. The van der Waals surface area contributed by atoms with Crippen LogP contribution in [0.4, 0.5) is 11.4 Å². The number of nitrogens with one attached hydrogen (secondary N) is 1. The molecule has 21 heavy (non-hydrogen) atoms. The van der Waals surface area contributed by atoms with Crippen LogP contribution in [0.5, 0.6) is 0 Å². The molecular weight excluding hydrogens is 264 g/mol. The highest BCUT2D eigenvalue weighted by Gasteiger charge is 2.14. The van der Waals surface area contributed by atoms with E-state index in [9.17, 15) is 4.79 Å². The number of methoxy groups -OCH3 is 1. The van der Waals surface area contributed by atoms with Crippen LogP contribution in [0.3, 0.4) is 0 Å². The van der Waals surface area contributed by atoms with Crippen molar-refractivity contribution in [3.63, 3.8) is 0 Å². The fourth-order valence-electron chi connectivity index (χ4n) is 2.20. The number of anilines is 2. The van der Waals surface area contributed by atoms with Gasteiger partial charge in [0.2, 0.25) is 0 Å². The van der Waals surface area contributed by atoms with E-state index in [2.05, 4.69) is 30.2 Å². The van der Waals surface area contributed by atoms with E-state index in [4.69, 9.17) is 4.74 Å². The summed E-state index contributed by atoms with van der Waals surface area (Å²) in [5.74, 6) is 0.0127. The fourth-order valence-corrected chi connectivity index (χ4v) is 2.20. The van der Waals surface area contributed by atoms with Crippen LogP contribution in [0.25, 0.3) is 0 Å². The van der Waals surface area contributed by atoms with E-state index in [1.807, 2.05) is 25.1 Å². The highest BCUT2D eigenvalue weighted by Crippen LogP contribution is 2.28. The molecule has 0 amide bonds. The largest absolute Gasteiger partial charge is 0.465 e. The Morgan fingerprint density at radius 3 is 2.62 bits per heavy atom. The van der Waals surface area contributed by atoms with E-state index in [0.717, 1.165) is 11.4 Å². The molecule has 1 aromatic heterocycles. The number of nitrogens with zero attached hydrogens (tertiary/aromatic N) is 1. The van der Waals surface area contributed by atoms with Gasteiger partial charge in [0.1, 0.15) is 0 Å². The molecule has 0 aliphatic heterocycles. The number of para-hydroxylation sites is 1. The van der Waals surface area contributed by atoms with Crippen molar-refractivity contribution in [2.24, 2.45) is 0 Å². The van der Waals surface area contributed by atoms with Gasteiger partial charge in [0.05, 0.1) is 24.6 Å². The minimum Gasteiger partial charge on any atom is -0.465 e. The zero-order valence-corrected chi connectivity index (χ0v) is 12.8. The molecule has 0 fully saturated rings. The summed E-state index contributed by atoms with van der Waals surface area (Å²) < 4.78 is 4.84. The number of aryl methyl sites for hydroxylation is 1. The van der Waals surface area contributed by atoms with Crippen LogP contribution < -0.4 is 5.32 Å². The molecule has 0 radical (unpaired) electrons. The number of carbonyl (C=O) groups is 1. The van der Waals surface area contributed by atoms with Crippen LogP contribution in [-0.2, 0) is 4.74 Å². The summed E-state index contributed by atoms with van der Waals surface area (Å²) in [5, 5.41) is 3.30. The Labute approximate surface area is 125 Å². The zero-order chi connectivity index (χ0) is 15.4. The van der Waals surface area contributed by atoms with Gasteiger partial charge in [-0.25, -0.2) is 4.79 Å². The predicted octanol–water partition coefficient (Wildman–Crippen LogP) is 4.04. The van der Waals surface area contributed by atoms with Crippen LogP contribution in [-0.4, -0.2) is 18.1 Å². The zero-order valence-electron chi connectivity index (χ0n) is 12.8. The van der Waals surface area contributed by atoms with Gasteiger partial charge in [-0.2, -0.15) is 0 Å². The Bertz CT molecular complexity index is 651. The maximum Gasteiger partial charge on any atom is 0.340 e. The van der Waals surface area contributed by atoms with Crippen LogP contribution in [0.1, 0.15) is 41.4 Å². The first-order chi connectivity index (χ1) is 10.0. The van der Waals surface area contributed by atoms with Crippen molar-refractivity contribution in [3.8, 4) is 0 Å². The maximum absolute atomic E-state index is 11.9. The first kappa shape index (κ1) is 15.0. The number of hydrogen-bond acceptors (Lipinski definition) is 4. The highest BCUT2D eigenvalue weighted by atomic mass is 16.5. The Morgan fingerprint density at radius 1 is 1.24 bits per heavy atom. The van der Waals surface area contributed by atoms with E-state index in [1.54, 1.807) is 12.3 Å². The monoisotopic (exact) mass is 284 g/mol. The first-order valence-corrected chi connectivity index (χ1v) is 6.94. The van der Waals surface area contributed by atoms with Crippen molar-refractivity contribution in [1.82, 2.24) is 4.98 Å². The van der Waals surface area contributed by atoms with Crippen molar-refractivity contribution < 1.29 is 9.53 Å². The van der Waals surface area contributed by atoms with E-state index in [1.165, 1.54) is 12.7 Å². The van der Waals surface area contributed by atoms with Crippen LogP contribution in [0, 0.1) is 6.92 Å². The Morgan fingerprint density at radius 2 is 1.95 bits per heavy atom. The minimum atomic E-state index is -0.370. The van der Waals surface area contributed by atoms with E-state index >= 15 is 0 Å². The average molecular weight is 284 g/mol. The molecule has 0 saturated carbocycles. The van der Waals surface area contributed by atoms with Crippen molar-refractivity contribution in [2.75, 3.05) is 12.4 Å². The molecule has 110 valence electrons. The number of benzene rings is 1. The van der Waals surface area contributed by atoms with Gasteiger partial charge in [0.25, 0.3) is 0 Å². The SMILES string of the molecule is COC(=O)c1cc(C)ncc1Nc1ccccc1C(C)C. The van der Waals surface area contributed by atoms with Gasteiger partial charge >= 0.3 is 5.97 Å². The Balaban J connectivity index is 2.43. The molecule has 0 unspecified atom stereocenters. The van der Waals surface area contributed by atoms with Crippen molar-refractivity contribution >= 4 is 17.3 Å². The summed E-state index contributed by atoms with van der Waals surface area (Å²) in [6.07, 6.45) is 1.67. The van der Waals surface area contributed by atoms with Crippen LogP contribution in [0.2, 0.25) is 0 Å². The number of rotatable bonds is 4. The molecular formula is C17H20N2O2. The number of hydrogen-bond donors (Lipinski definition) is 1. The number of ether oxygens (including phenoxy) is 1. The number of aromatic nitrogens is 1. The summed E-state index contributed by atoms with van der Waals surface area (Å²) >= 11 is 0. The number of pyridine rings is 1. The quantitative estimate of drug-likeness (QED) is 0.861. The second-order valence-electron chi connectivity index (χ2n) is 5.23. The predicted molar refractivity (Wildman–Crippen MR) is 84.1 cm³/mol. The Hall–Kier alpha value is -2.36. The molecule has 4 heteroatoms. The third-order valence-electron chi connectivity index (χ3n) is 3.30. The summed E-state index contributed by atoms with van der Waals surface area (Å²) in [5.41, 5.74) is 4.08. The molecule has 2 rings (SSSR count). The normalized spacial score (nSPS) is 10.5. The molecule has 0 atom stereocenters. The van der Waals surface area contributed by atoms with Gasteiger partial charge in [0, 0.05) is 11.4 Å². The highest BCUT2D eigenvalue weighted by molar-refractivity contribution is 5.96. The molecule has 2 aromatic rings. The van der Waals surface area contributed by atoms with Gasteiger partial charge in [-0.3, -0.25) is 4.98 Å². The number of esters is 1. The molecule has 1 N–H and O–H groups in total. The van der Waals surface area contributed by atoms with Crippen LogP contribution in [0.15, 0.2) is 36.5 Å². The second kappa shape index (κ2) is 6.39. The van der Waals surface area contributed by atoms with Crippen molar-refractivity contribution in [2.45, 2.75) is 26.7 Å². The lowest BCUT2D eigenvalue weighted by Gasteiger charge is -2.16. The standard InChI is InChI=1S/C17H20N2O2/c1-11(2)13-7-5-6-8-15(13)19-16-10-18-12(3)9-14(16)17(20)21-4/h5-11,19H,1-4H3. The van der Waals surface area contributed by atoms with E-state index in [0.29, 0.717) is 17.2 Å². The fraction of sp³-hybridized carbons (Fsp3) is 0.294. The molecule has 4 nitrogen and oxygen atoms in total. The second-order valence-corrected chi connectivity index (χ2v) is 5.23. The molecule has 0 aliphatic rings. The summed E-state index contributed by atoms with van der Waals surface area (Å²) in [4.78, 5) is 16.2. The molecule has 1 aromatic carbocycles. The van der Waals surface area contributed by atoms with E-state index in [-0.39, 0.29) is 5.97 Å². The van der Waals surface area contributed by atoms with Gasteiger partial charge < -0.3 is 10.1 Å².